The number of hydrogen-bond donors (Lipinski definition) is 2. The van der Waals surface area contributed by atoms with Crippen molar-refractivity contribution in [3.05, 3.63) is 41.5 Å². The molecule has 1 aromatic heterocycles. The van der Waals surface area contributed by atoms with E-state index in [1.54, 1.807) is 7.11 Å². The summed E-state index contributed by atoms with van der Waals surface area (Å²) >= 11 is 1.13. The van der Waals surface area contributed by atoms with Crippen LogP contribution in [0.15, 0.2) is 24.3 Å². The molecule has 0 aliphatic rings. The number of nitrogens with zero attached hydrogens (tertiary/aromatic N) is 2. The SMILES string of the molecule is COCCc1nsc(NC(C(N)=O)c2ccc(F)cc2)n1. The molecule has 2 aromatic rings. The topological polar surface area (TPSA) is 90.1 Å². The van der Waals surface area contributed by atoms with Gasteiger partial charge < -0.3 is 15.8 Å². The number of rotatable bonds is 7. The van der Waals surface area contributed by atoms with Gasteiger partial charge in [-0.25, -0.2) is 9.37 Å². The number of aromatic nitrogens is 2. The Hall–Kier alpha value is -2.06. The van der Waals surface area contributed by atoms with Gasteiger partial charge in [0.2, 0.25) is 11.0 Å². The lowest BCUT2D eigenvalue weighted by Gasteiger charge is -2.14. The van der Waals surface area contributed by atoms with Crippen LogP contribution in [-0.2, 0) is 16.0 Å². The molecule has 1 amide bonds. The van der Waals surface area contributed by atoms with E-state index >= 15 is 0 Å². The van der Waals surface area contributed by atoms with Crippen molar-refractivity contribution in [3.8, 4) is 0 Å². The van der Waals surface area contributed by atoms with Gasteiger partial charge in [-0.1, -0.05) is 12.1 Å². The van der Waals surface area contributed by atoms with Gasteiger partial charge in [0.15, 0.2) is 0 Å². The van der Waals surface area contributed by atoms with Gasteiger partial charge >= 0.3 is 0 Å². The number of nitrogens with one attached hydrogen (secondary N) is 1. The number of halogens is 1. The summed E-state index contributed by atoms with van der Waals surface area (Å²) in [6.45, 7) is 0.521. The van der Waals surface area contributed by atoms with Crippen LogP contribution in [0.1, 0.15) is 17.4 Å². The molecule has 0 aliphatic heterocycles. The maximum atomic E-state index is 12.9. The average Bonchev–Trinajstić information content (AvgIpc) is 2.91. The summed E-state index contributed by atoms with van der Waals surface area (Å²) < 4.78 is 22.0. The Labute approximate surface area is 125 Å². The van der Waals surface area contributed by atoms with Crippen LogP contribution in [0.4, 0.5) is 9.52 Å². The number of benzene rings is 1. The molecule has 6 nitrogen and oxygen atoms in total. The van der Waals surface area contributed by atoms with Crippen LogP contribution in [0.2, 0.25) is 0 Å². The van der Waals surface area contributed by atoms with E-state index in [4.69, 9.17) is 10.5 Å². The number of primary amides is 1. The number of ether oxygens (including phenoxy) is 1. The lowest BCUT2D eigenvalue weighted by molar-refractivity contribution is -0.118. The van der Waals surface area contributed by atoms with Crippen molar-refractivity contribution in [2.24, 2.45) is 5.73 Å². The highest BCUT2D eigenvalue weighted by atomic mass is 32.1. The standard InChI is InChI=1S/C13H15FN4O2S/c1-20-7-6-10-16-13(21-18-10)17-11(12(15)19)8-2-4-9(14)5-3-8/h2-5,11H,6-7H2,1H3,(H2,15,19)(H,16,17,18). The van der Waals surface area contributed by atoms with Gasteiger partial charge in [-0.2, -0.15) is 4.37 Å². The fraction of sp³-hybridized carbons (Fsp3) is 0.308. The van der Waals surface area contributed by atoms with Gasteiger partial charge in [-0.05, 0) is 17.7 Å². The zero-order valence-corrected chi connectivity index (χ0v) is 12.2. The highest BCUT2D eigenvalue weighted by Crippen LogP contribution is 2.21. The average molecular weight is 310 g/mol. The monoisotopic (exact) mass is 310 g/mol. The van der Waals surface area contributed by atoms with Crippen molar-refractivity contribution in [3.63, 3.8) is 0 Å². The Morgan fingerprint density at radius 3 is 2.81 bits per heavy atom. The van der Waals surface area contributed by atoms with E-state index in [1.807, 2.05) is 0 Å². The van der Waals surface area contributed by atoms with Crippen LogP contribution < -0.4 is 11.1 Å². The minimum atomic E-state index is -0.783. The first kappa shape index (κ1) is 15.3. The Bertz CT molecular complexity index is 602. The van der Waals surface area contributed by atoms with Gasteiger partial charge in [-0.3, -0.25) is 4.79 Å². The zero-order chi connectivity index (χ0) is 15.2. The summed E-state index contributed by atoms with van der Waals surface area (Å²) in [4.78, 5) is 15.8. The predicted molar refractivity (Wildman–Crippen MR) is 77.4 cm³/mol. The molecule has 0 bridgehead atoms. The van der Waals surface area contributed by atoms with Crippen LogP contribution in [-0.4, -0.2) is 29.0 Å². The molecule has 3 N–H and O–H groups in total. The smallest absolute Gasteiger partial charge is 0.244 e. The third-order valence-corrected chi connectivity index (χ3v) is 3.44. The van der Waals surface area contributed by atoms with Crippen LogP contribution in [0.5, 0.6) is 0 Å². The fourth-order valence-corrected chi connectivity index (χ4v) is 2.35. The zero-order valence-electron chi connectivity index (χ0n) is 11.4. The molecule has 0 spiro atoms. The first-order valence-corrected chi connectivity index (χ1v) is 7.00. The molecule has 0 saturated heterocycles. The van der Waals surface area contributed by atoms with Crippen LogP contribution in [0, 0.1) is 5.82 Å². The molecule has 1 atom stereocenters. The van der Waals surface area contributed by atoms with E-state index in [2.05, 4.69) is 14.7 Å². The first-order valence-electron chi connectivity index (χ1n) is 6.23. The van der Waals surface area contributed by atoms with Crippen LogP contribution in [0.25, 0.3) is 0 Å². The summed E-state index contributed by atoms with van der Waals surface area (Å²) in [5.41, 5.74) is 5.95. The maximum absolute atomic E-state index is 12.9. The second kappa shape index (κ2) is 7.09. The molecular weight excluding hydrogens is 295 g/mol. The van der Waals surface area contributed by atoms with Crippen molar-refractivity contribution in [1.82, 2.24) is 9.36 Å². The molecule has 1 unspecified atom stereocenters. The van der Waals surface area contributed by atoms with E-state index in [0.717, 1.165) is 11.5 Å². The van der Waals surface area contributed by atoms with E-state index in [9.17, 15) is 9.18 Å². The minimum absolute atomic E-state index is 0.375. The molecule has 1 aromatic carbocycles. The second-order valence-corrected chi connectivity index (χ2v) is 5.04. The summed E-state index contributed by atoms with van der Waals surface area (Å²) in [5.74, 6) is -0.318. The van der Waals surface area contributed by atoms with E-state index < -0.39 is 11.9 Å². The van der Waals surface area contributed by atoms with Gasteiger partial charge in [-0.15, -0.1) is 0 Å². The number of carbonyl (C=O) groups excluding carboxylic acids is 1. The Kier molecular flexibility index (Phi) is 5.18. The third kappa shape index (κ3) is 4.20. The van der Waals surface area contributed by atoms with Gasteiger partial charge in [0.05, 0.1) is 6.61 Å². The van der Waals surface area contributed by atoms with Crippen molar-refractivity contribution in [1.29, 1.82) is 0 Å². The van der Waals surface area contributed by atoms with Crippen LogP contribution >= 0.6 is 11.5 Å². The minimum Gasteiger partial charge on any atom is -0.384 e. The number of carbonyl (C=O) groups is 1. The second-order valence-electron chi connectivity index (χ2n) is 4.29. The lowest BCUT2D eigenvalue weighted by atomic mass is 10.1. The van der Waals surface area contributed by atoms with Crippen molar-refractivity contribution in [2.45, 2.75) is 12.5 Å². The molecule has 0 fully saturated rings. The largest absolute Gasteiger partial charge is 0.384 e. The molecule has 112 valence electrons. The highest BCUT2D eigenvalue weighted by molar-refractivity contribution is 7.09. The Morgan fingerprint density at radius 2 is 2.19 bits per heavy atom. The molecular formula is C13H15FN4O2S. The fourth-order valence-electron chi connectivity index (χ4n) is 1.70. The number of hydrogen-bond acceptors (Lipinski definition) is 6. The Morgan fingerprint density at radius 1 is 1.48 bits per heavy atom. The Balaban J connectivity index is 2.11. The quantitative estimate of drug-likeness (QED) is 0.809. The molecule has 8 heteroatoms. The molecule has 0 aliphatic carbocycles. The number of methoxy groups -OCH3 is 1. The summed E-state index contributed by atoms with van der Waals surface area (Å²) in [7, 11) is 1.60. The molecule has 21 heavy (non-hydrogen) atoms. The molecule has 0 saturated carbocycles. The van der Waals surface area contributed by atoms with E-state index in [1.165, 1.54) is 24.3 Å². The van der Waals surface area contributed by atoms with E-state index in [0.29, 0.717) is 29.5 Å². The van der Waals surface area contributed by atoms with Crippen LogP contribution in [0.3, 0.4) is 0 Å². The molecule has 2 rings (SSSR count). The predicted octanol–water partition coefficient (Wildman–Crippen LogP) is 1.50. The normalized spacial score (nSPS) is 12.1. The van der Waals surface area contributed by atoms with Crippen molar-refractivity contribution in [2.75, 3.05) is 19.0 Å². The summed E-state index contributed by atoms with van der Waals surface area (Å²) in [5, 5.41) is 3.40. The lowest BCUT2D eigenvalue weighted by Crippen LogP contribution is -2.27. The highest BCUT2D eigenvalue weighted by Gasteiger charge is 2.19. The van der Waals surface area contributed by atoms with Gasteiger partial charge in [0.1, 0.15) is 17.7 Å². The van der Waals surface area contributed by atoms with E-state index in [-0.39, 0.29) is 5.82 Å². The maximum Gasteiger partial charge on any atom is 0.244 e. The summed E-state index contributed by atoms with van der Waals surface area (Å²) in [6, 6.07) is 4.78. The number of amides is 1. The van der Waals surface area contributed by atoms with Gasteiger partial charge in [0, 0.05) is 25.1 Å². The number of nitrogens with two attached hydrogens (primary N) is 1. The van der Waals surface area contributed by atoms with Crippen molar-refractivity contribution >= 4 is 22.6 Å². The summed E-state index contributed by atoms with van der Waals surface area (Å²) in [6.07, 6.45) is 0.590. The molecule has 0 radical (unpaired) electrons. The third-order valence-electron chi connectivity index (χ3n) is 2.75. The number of anilines is 1. The molecule has 1 heterocycles. The van der Waals surface area contributed by atoms with Crippen molar-refractivity contribution < 1.29 is 13.9 Å². The first-order chi connectivity index (χ1) is 10.1. The van der Waals surface area contributed by atoms with Gasteiger partial charge in [0.25, 0.3) is 0 Å².